The molecule has 0 aliphatic carbocycles. The highest BCUT2D eigenvalue weighted by Crippen LogP contribution is 2.12. The second kappa shape index (κ2) is 7.55. The van der Waals surface area contributed by atoms with Crippen LogP contribution in [0.5, 0.6) is 0 Å². The number of anilines is 1. The summed E-state index contributed by atoms with van der Waals surface area (Å²) in [5.74, 6) is 0. The van der Waals surface area contributed by atoms with Gasteiger partial charge in [0.15, 0.2) is 12.7 Å². The van der Waals surface area contributed by atoms with Crippen LogP contribution in [-0.2, 0) is 6.54 Å². The van der Waals surface area contributed by atoms with Crippen LogP contribution in [0.25, 0.3) is 0 Å². The summed E-state index contributed by atoms with van der Waals surface area (Å²) in [4.78, 5) is 0. The predicted molar refractivity (Wildman–Crippen MR) is 99.2 cm³/mol. The lowest BCUT2D eigenvalue weighted by Gasteiger charge is -2.14. The standard InChI is InChI=1S/C21H22N3/c1-18(22-23(2)20-13-7-4-8-14-20)21-15-9-10-16-24(21)17-19-11-5-3-6-12-19/h3-16H,17H2,1-2H3/q+1. The summed E-state index contributed by atoms with van der Waals surface area (Å²) >= 11 is 0. The molecule has 0 saturated heterocycles. The van der Waals surface area contributed by atoms with Crippen LogP contribution in [0, 0.1) is 0 Å². The van der Waals surface area contributed by atoms with Crippen molar-refractivity contribution in [3.05, 3.63) is 96.3 Å². The SMILES string of the molecule is CC(=NN(C)c1ccccc1)c1cccc[n+]1Cc1ccccc1. The molecule has 2 aromatic carbocycles. The summed E-state index contributed by atoms with van der Waals surface area (Å²) in [6.07, 6.45) is 2.10. The Morgan fingerprint density at radius 2 is 1.50 bits per heavy atom. The van der Waals surface area contributed by atoms with E-state index in [2.05, 4.69) is 72.3 Å². The summed E-state index contributed by atoms with van der Waals surface area (Å²) in [5.41, 5.74) is 4.45. The summed E-state index contributed by atoms with van der Waals surface area (Å²) in [5, 5.41) is 6.66. The summed E-state index contributed by atoms with van der Waals surface area (Å²) in [7, 11) is 1.98. The van der Waals surface area contributed by atoms with Gasteiger partial charge in [-0.05, 0) is 25.1 Å². The summed E-state index contributed by atoms with van der Waals surface area (Å²) in [6.45, 7) is 2.88. The minimum atomic E-state index is 0.832. The molecular formula is C21H22N3+. The lowest BCUT2D eigenvalue weighted by Crippen LogP contribution is -2.40. The fourth-order valence-electron chi connectivity index (χ4n) is 2.70. The van der Waals surface area contributed by atoms with Gasteiger partial charge in [0.25, 0.3) is 0 Å². The van der Waals surface area contributed by atoms with Crippen LogP contribution < -0.4 is 9.58 Å². The molecule has 0 radical (unpaired) electrons. The highest BCUT2D eigenvalue weighted by Gasteiger charge is 2.14. The maximum atomic E-state index is 4.75. The lowest BCUT2D eigenvalue weighted by atomic mass is 10.2. The van der Waals surface area contributed by atoms with Crippen LogP contribution in [0.4, 0.5) is 5.69 Å². The Morgan fingerprint density at radius 3 is 2.21 bits per heavy atom. The Hall–Kier alpha value is -2.94. The summed E-state index contributed by atoms with van der Waals surface area (Å²) in [6, 6.07) is 26.9. The normalized spacial score (nSPS) is 11.3. The molecule has 0 aliphatic rings. The van der Waals surface area contributed by atoms with E-state index in [9.17, 15) is 0 Å². The van der Waals surface area contributed by atoms with E-state index in [-0.39, 0.29) is 0 Å². The Morgan fingerprint density at radius 1 is 0.875 bits per heavy atom. The highest BCUT2D eigenvalue weighted by molar-refractivity contribution is 5.96. The van der Waals surface area contributed by atoms with E-state index in [1.807, 2.05) is 36.3 Å². The van der Waals surface area contributed by atoms with Gasteiger partial charge in [-0.3, -0.25) is 5.01 Å². The number of hydrazone groups is 1. The van der Waals surface area contributed by atoms with Crippen molar-refractivity contribution in [3.8, 4) is 0 Å². The average molecular weight is 316 g/mol. The number of rotatable bonds is 5. The topological polar surface area (TPSA) is 19.5 Å². The van der Waals surface area contributed by atoms with Crippen molar-refractivity contribution >= 4 is 11.4 Å². The van der Waals surface area contributed by atoms with Crippen molar-refractivity contribution in [1.82, 2.24) is 0 Å². The molecule has 1 aromatic heterocycles. The molecule has 0 bridgehead atoms. The number of hydrogen-bond acceptors (Lipinski definition) is 2. The number of pyridine rings is 1. The third-order valence-corrected chi connectivity index (χ3v) is 3.94. The maximum Gasteiger partial charge on any atom is 0.228 e. The number of nitrogens with zero attached hydrogens (tertiary/aromatic N) is 3. The fraction of sp³-hybridized carbons (Fsp3) is 0.143. The zero-order valence-corrected chi connectivity index (χ0v) is 14.1. The molecule has 0 N–H and O–H groups in total. The second-order valence-corrected chi connectivity index (χ2v) is 5.74. The molecular weight excluding hydrogens is 294 g/mol. The van der Waals surface area contributed by atoms with E-state index in [0.717, 1.165) is 23.6 Å². The molecule has 0 saturated carbocycles. The van der Waals surface area contributed by atoms with Gasteiger partial charge in [-0.15, -0.1) is 0 Å². The van der Waals surface area contributed by atoms with Crippen LogP contribution >= 0.6 is 0 Å². The number of benzene rings is 2. The molecule has 0 amide bonds. The highest BCUT2D eigenvalue weighted by atomic mass is 15.4. The van der Waals surface area contributed by atoms with Crippen LogP contribution in [0.1, 0.15) is 18.2 Å². The first kappa shape index (κ1) is 15.9. The Bertz CT molecular complexity index is 811. The van der Waals surface area contributed by atoms with Crippen LogP contribution in [0.2, 0.25) is 0 Å². The van der Waals surface area contributed by atoms with Gasteiger partial charge < -0.3 is 0 Å². The quantitative estimate of drug-likeness (QED) is 0.397. The largest absolute Gasteiger partial charge is 0.268 e. The van der Waals surface area contributed by atoms with Crippen molar-refractivity contribution in [2.45, 2.75) is 13.5 Å². The predicted octanol–water partition coefficient (Wildman–Crippen LogP) is 3.88. The lowest BCUT2D eigenvalue weighted by molar-refractivity contribution is -0.689. The van der Waals surface area contributed by atoms with Crippen molar-refractivity contribution in [3.63, 3.8) is 0 Å². The van der Waals surface area contributed by atoms with Crippen molar-refractivity contribution in [2.75, 3.05) is 12.1 Å². The third-order valence-electron chi connectivity index (χ3n) is 3.94. The summed E-state index contributed by atoms with van der Waals surface area (Å²) < 4.78 is 2.23. The molecule has 0 spiro atoms. The van der Waals surface area contributed by atoms with E-state index in [0.29, 0.717) is 0 Å². The molecule has 24 heavy (non-hydrogen) atoms. The Balaban J connectivity index is 1.87. The van der Waals surface area contributed by atoms with Gasteiger partial charge in [-0.2, -0.15) is 9.67 Å². The maximum absolute atomic E-state index is 4.75. The smallest absolute Gasteiger partial charge is 0.228 e. The van der Waals surface area contributed by atoms with Gasteiger partial charge in [0.05, 0.1) is 5.69 Å². The van der Waals surface area contributed by atoms with E-state index in [1.165, 1.54) is 5.56 Å². The number of para-hydroxylation sites is 1. The van der Waals surface area contributed by atoms with Crippen molar-refractivity contribution in [2.24, 2.45) is 5.10 Å². The van der Waals surface area contributed by atoms with Crippen LogP contribution in [0.3, 0.4) is 0 Å². The Labute approximate surface area is 143 Å². The third kappa shape index (κ3) is 3.87. The molecule has 3 aromatic rings. The van der Waals surface area contributed by atoms with Crippen molar-refractivity contribution < 1.29 is 4.57 Å². The van der Waals surface area contributed by atoms with Gasteiger partial charge in [0.1, 0.15) is 5.71 Å². The zero-order chi connectivity index (χ0) is 16.8. The molecule has 0 aliphatic heterocycles. The van der Waals surface area contributed by atoms with Gasteiger partial charge >= 0.3 is 0 Å². The average Bonchev–Trinajstić information content (AvgIpc) is 2.63. The van der Waals surface area contributed by atoms with Gasteiger partial charge in [-0.25, -0.2) is 0 Å². The minimum Gasteiger partial charge on any atom is -0.268 e. The van der Waals surface area contributed by atoms with Crippen molar-refractivity contribution in [1.29, 1.82) is 0 Å². The van der Waals surface area contributed by atoms with Gasteiger partial charge in [0.2, 0.25) is 5.69 Å². The minimum absolute atomic E-state index is 0.832. The van der Waals surface area contributed by atoms with Gasteiger partial charge in [-0.1, -0.05) is 48.5 Å². The number of aromatic nitrogens is 1. The van der Waals surface area contributed by atoms with E-state index < -0.39 is 0 Å². The Kier molecular flexibility index (Phi) is 5.02. The van der Waals surface area contributed by atoms with E-state index >= 15 is 0 Å². The molecule has 0 unspecified atom stereocenters. The molecule has 0 atom stereocenters. The van der Waals surface area contributed by atoms with Gasteiger partial charge in [0, 0.05) is 24.7 Å². The first-order valence-electron chi connectivity index (χ1n) is 8.11. The van der Waals surface area contributed by atoms with E-state index in [4.69, 9.17) is 5.10 Å². The molecule has 3 heteroatoms. The molecule has 1 heterocycles. The number of hydrogen-bond donors (Lipinski definition) is 0. The first-order valence-corrected chi connectivity index (χ1v) is 8.11. The monoisotopic (exact) mass is 316 g/mol. The fourth-order valence-corrected chi connectivity index (χ4v) is 2.70. The molecule has 3 rings (SSSR count). The van der Waals surface area contributed by atoms with Crippen LogP contribution in [0.15, 0.2) is 90.2 Å². The zero-order valence-electron chi connectivity index (χ0n) is 14.1. The first-order chi connectivity index (χ1) is 11.7. The molecule has 120 valence electrons. The van der Waals surface area contributed by atoms with E-state index in [1.54, 1.807) is 0 Å². The second-order valence-electron chi connectivity index (χ2n) is 5.74. The molecule has 0 fully saturated rings. The van der Waals surface area contributed by atoms with Crippen LogP contribution in [-0.4, -0.2) is 12.8 Å². The molecule has 3 nitrogen and oxygen atoms in total.